The van der Waals surface area contributed by atoms with Gasteiger partial charge in [0.1, 0.15) is 0 Å². The fourth-order valence-electron chi connectivity index (χ4n) is 2.89. The Bertz CT molecular complexity index is 1110. The first-order valence-corrected chi connectivity index (χ1v) is 9.52. The van der Waals surface area contributed by atoms with Crippen LogP contribution in [0.4, 0.5) is 5.69 Å². The Hall–Kier alpha value is -3.25. The first kappa shape index (κ1) is 17.2. The van der Waals surface area contributed by atoms with Crippen LogP contribution in [-0.2, 0) is 0 Å². The van der Waals surface area contributed by atoms with E-state index in [1.807, 2.05) is 54.8 Å². The largest absolute Gasteiger partial charge is 0.382 e. The lowest BCUT2D eigenvalue weighted by Gasteiger charge is -2.08. The number of thiophene rings is 1. The Kier molecular flexibility index (Phi) is 4.80. The van der Waals surface area contributed by atoms with Gasteiger partial charge in [0.25, 0.3) is 0 Å². The van der Waals surface area contributed by atoms with Gasteiger partial charge in [-0.2, -0.15) is 5.10 Å². The lowest BCUT2D eigenvalue weighted by atomic mass is 10.1. The standard InChI is InChI=1S/C21H18N4OS/c1-2-3-10-22-16-7-4-6-15(13-16)18-9-11-23-21-17(14-24-25(18)21)20(26)19-8-5-12-27-19/h2-9,11-14,22H,10H2,1H3/b3-2+. The molecular formula is C21H18N4OS. The van der Waals surface area contributed by atoms with Gasteiger partial charge in [-0.1, -0.05) is 30.4 Å². The number of benzene rings is 1. The van der Waals surface area contributed by atoms with Gasteiger partial charge >= 0.3 is 0 Å². The maximum absolute atomic E-state index is 12.7. The number of carbonyl (C=O) groups excluding carboxylic acids is 1. The third-order valence-electron chi connectivity index (χ3n) is 4.21. The van der Waals surface area contributed by atoms with E-state index in [4.69, 9.17) is 0 Å². The predicted molar refractivity (Wildman–Crippen MR) is 109 cm³/mol. The van der Waals surface area contributed by atoms with Gasteiger partial charge in [-0.25, -0.2) is 9.50 Å². The van der Waals surface area contributed by atoms with Crippen LogP contribution in [0.5, 0.6) is 0 Å². The number of aromatic nitrogens is 3. The number of hydrogen-bond acceptors (Lipinski definition) is 5. The number of rotatable bonds is 6. The molecule has 6 heteroatoms. The Morgan fingerprint density at radius 3 is 3.00 bits per heavy atom. The van der Waals surface area contributed by atoms with E-state index in [0.717, 1.165) is 23.5 Å². The molecule has 0 atom stereocenters. The van der Waals surface area contributed by atoms with Gasteiger partial charge in [-0.15, -0.1) is 11.3 Å². The van der Waals surface area contributed by atoms with Gasteiger partial charge in [-0.05, 0) is 36.6 Å². The molecule has 27 heavy (non-hydrogen) atoms. The molecule has 0 amide bonds. The number of nitrogens with zero attached hydrogens (tertiary/aromatic N) is 3. The molecule has 4 aromatic rings. The number of fused-ring (bicyclic) bond motifs is 1. The zero-order valence-corrected chi connectivity index (χ0v) is 15.6. The normalized spacial score (nSPS) is 11.3. The van der Waals surface area contributed by atoms with E-state index in [0.29, 0.717) is 16.1 Å². The maximum atomic E-state index is 12.7. The molecule has 0 radical (unpaired) electrons. The molecule has 0 aliphatic carbocycles. The number of ketones is 1. The third kappa shape index (κ3) is 3.39. The van der Waals surface area contributed by atoms with Crippen molar-refractivity contribution in [3.63, 3.8) is 0 Å². The molecule has 4 rings (SSSR count). The minimum Gasteiger partial charge on any atom is -0.382 e. The summed E-state index contributed by atoms with van der Waals surface area (Å²) in [5.74, 6) is -0.0496. The van der Waals surface area contributed by atoms with Crippen LogP contribution in [0.25, 0.3) is 16.9 Å². The van der Waals surface area contributed by atoms with Crippen molar-refractivity contribution in [2.45, 2.75) is 6.92 Å². The Morgan fingerprint density at radius 1 is 1.26 bits per heavy atom. The average molecular weight is 374 g/mol. The minimum absolute atomic E-state index is 0.0496. The summed E-state index contributed by atoms with van der Waals surface area (Å²) < 4.78 is 1.73. The molecule has 0 saturated carbocycles. The van der Waals surface area contributed by atoms with Crippen molar-refractivity contribution in [2.24, 2.45) is 0 Å². The van der Waals surface area contributed by atoms with Crippen LogP contribution in [0, 0.1) is 0 Å². The summed E-state index contributed by atoms with van der Waals surface area (Å²) in [6.45, 7) is 2.77. The number of allylic oxidation sites excluding steroid dienone is 1. The molecule has 1 aromatic carbocycles. The van der Waals surface area contributed by atoms with Crippen LogP contribution in [0.3, 0.4) is 0 Å². The Morgan fingerprint density at radius 2 is 2.19 bits per heavy atom. The van der Waals surface area contributed by atoms with Crippen molar-refractivity contribution >= 4 is 28.5 Å². The van der Waals surface area contributed by atoms with Gasteiger partial charge in [0.05, 0.1) is 22.3 Å². The van der Waals surface area contributed by atoms with E-state index in [1.165, 1.54) is 11.3 Å². The fourth-order valence-corrected chi connectivity index (χ4v) is 3.57. The van der Waals surface area contributed by atoms with Gasteiger partial charge < -0.3 is 5.32 Å². The summed E-state index contributed by atoms with van der Waals surface area (Å²) in [4.78, 5) is 17.8. The lowest BCUT2D eigenvalue weighted by Crippen LogP contribution is -2.01. The van der Waals surface area contributed by atoms with E-state index in [1.54, 1.807) is 16.9 Å². The van der Waals surface area contributed by atoms with Crippen molar-refractivity contribution in [2.75, 3.05) is 11.9 Å². The van der Waals surface area contributed by atoms with Crippen LogP contribution >= 0.6 is 11.3 Å². The summed E-state index contributed by atoms with van der Waals surface area (Å²) >= 11 is 1.42. The van der Waals surface area contributed by atoms with Gasteiger partial charge in [0.15, 0.2) is 5.65 Å². The van der Waals surface area contributed by atoms with Crippen LogP contribution in [0.2, 0.25) is 0 Å². The minimum atomic E-state index is -0.0496. The lowest BCUT2D eigenvalue weighted by molar-refractivity contribution is 0.104. The molecule has 134 valence electrons. The van der Waals surface area contributed by atoms with Gasteiger partial charge in [0, 0.05) is 24.0 Å². The van der Waals surface area contributed by atoms with Crippen molar-refractivity contribution in [1.82, 2.24) is 14.6 Å². The maximum Gasteiger partial charge on any atom is 0.208 e. The fraction of sp³-hybridized carbons (Fsp3) is 0.0952. The monoisotopic (exact) mass is 374 g/mol. The van der Waals surface area contributed by atoms with E-state index in [-0.39, 0.29) is 5.78 Å². The number of carbonyl (C=O) groups is 1. The SMILES string of the molecule is C/C=C/CNc1cccc(-c2ccnc3c(C(=O)c4cccs4)cnn23)c1. The Labute approximate surface area is 161 Å². The highest BCUT2D eigenvalue weighted by atomic mass is 32.1. The summed E-state index contributed by atoms with van der Waals surface area (Å²) in [5.41, 5.74) is 4.00. The summed E-state index contributed by atoms with van der Waals surface area (Å²) in [5, 5.41) is 9.69. The quantitative estimate of drug-likeness (QED) is 0.393. The van der Waals surface area contributed by atoms with Crippen LogP contribution < -0.4 is 5.32 Å². The smallest absolute Gasteiger partial charge is 0.208 e. The zero-order chi connectivity index (χ0) is 18.6. The summed E-state index contributed by atoms with van der Waals surface area (Å²) in [6.07, 6.45) is 7.39. The molecular weight excluding hydrogens is 356 g/mol. The molecule has 3 aromatic heterocycles. The first-order chi connectivity index (χ1) is 13.3. The van der Waals surface area contributed by atoms with Crippen molar-refractivity contribution in [3.8, 4) is 11.3 Å². The summed E-state index contributed by atoms with van der Waals surface area (Å²) in [7, 11) is 0. The second-order valence-corrected chi connectivity index (χ2v) is 6.91. The first-order valence-electron chi connectivity index (χ1n) is 8.64. The van der Waals surface area contributed by atoms with E-state index >= 15 is 0 Å². The van der Waals surface area contributed by atoms with E-state index in [2.05, 4.69) is 27.5 Å². The third-order valence-corrected chi connectivity index (χ3v) is 5.08. The van der Waals surface area contributed by atoms with E-state index < -0.39 is 0 Å². The molecule has 1 N–H and O–H groups in total. The predicted octanol–water partition coefficient (Wildman–Crippen LogP) is 4.68. The molecule has 5 nitrogen and oxygen atoms in total. The Balaban J connectivity index is 1.73. The summed E-state index contributed by atoms with van der Waals surface area (Å²) in [6, 6.07) is 13.7. The number of hydrogen-bond donors (Lipinski definition) is 1. The van der Waals surface area contributed by atoms with Crippen LogP contribution in [0.1, 0.15) is 22.2 Å². The molecule has 3 heterocycles. The highest BCUT2D eigenvalue weighted by molar-refractivity contribution is 7.12. The molecule has 0 spiro atoms. The van der Waals surface area contributed by atoms with Crippen molar-refractivity contribution in [1.29, 1.82) is 0 Å². The molecule has 0 fully saturated rings. The number of anilines is 1. The molecule has 0 saturated heterocycles. The molecule has 0 aliphatic rings. The molecule has 0 unspecified atom stereocenters. The van der Waals surface area contributed by atoms with Crippen LogP contribution in [0.15, 0.2) is 72.4 Å². The highest BCUT2D eigenvalue weighted by Gasteiger charge is 2.18. The van der Waals surface area contributed by atoms with Gasteiger partial charge in [0.2, 0.25) is 5.78 Å². The van der Waals surface area contributed by atoms with Crippen molar-refractivity contribution < 1.29 is 4.79 Å². The highest BCUT2D eigenvalue weighted by Crippen LogP contribution is 2.25. The topological polar surface area (TPSA) is 59.3 Å². The number of nitrogens with one attached hydrogen (secondary N) is 1. The second kappa shape index (κ2) is 7.55. The van der Waals surface area contributed by atoms with E-state index in [9.17, 15) is 4.79 Å². The van der Waals surface area contributed by atoms with Crippen molar-refractivity contribution in [3.05, 3.63) is 82.8 Å². The van der Waals surface area contributed by atoms with Crippen LogP contribution in [-0.4, -0.2) is 26.9 Å². The molecule has 0 aliphatic heterocycles. The molecule has 0 bridgehead atoms. The van der Waals surface area contributed by atoms with Gasteiger partial charge in [-0.3, -0.25) is 4.79 Å². The average Bonchev–Trinajstić information content (AvgIpc) is 3.38. The zero-order valence-electron chi connectivity index (χ0n) is 14.8. The second-order valence-electron chi connectivity index (χ2n) is 5.96.